The van der Waals surface area contributed by atoms with Crippen LogP contribution in [0.4, 0.5) is 5.69 Å². The minimum absolute atomic E-state index is 0.595. The molecule has 1 atom stereocenters. The Morgan fingerprint density at radius 3 is 3.22 bits per heavy atom. The highest BCUT2D eigenvalue weighted by Gasteiger charge is 2.20. The predicted octanol–water partition coefficient (Wildman–Crippen LogP) is 2.48. The Labute approximate surface area is 111 Å². The van der Waals surface area contributed by atoms with E-state index < -0.39 is 0 Å². The van der Waals surface area contributed by atoms with Gasteiger partial charge < -0.3 is 10.6 Å². The van der Waals surface area contributed by atoms with Gasteiger partial charge in [0.05, 0.1) is 5.01 Å². The standard InChI is InChI=1S/C14H17N3S/c1-2-4-13-12(3-1)11(10-17-13)9-15-6-5-14-16-7-8-18-14/h1-4,7-8,11,15,17H,5-6,9-10H2. The lowest BCUT2D eigenvalue weighted by atomic mass is 10.0. The second-order valence-corrected chi connectivity index (χ2v) is 5.52. The summed E-state index contributed by atoms with van der Waals surface area (Å²) in [5, 5.41) is 10.2. The average molecular weight is 259 g/mol. The van der Waals surface area contributed by atoms with Crippen LogP contribution >= 0.6 is 11.3 Å². The Morgan fingerprint density at radius 1 is 1.39 bits per heavy atom. The molecule has 1 unspecified atom stereocenters. The van der Waals surface area contributed by atoms with E-state index >= 15 is 0 Å². The molecule has 3 rings (SSSR count). The number of nitrogens with zero attached hydrogens (tertiary/aromatic N) is 1. The van der Waals surface area contributed by atoms with E-state index in [1.807, 2.05) is 11.6 Å². The molecule has 2 heterocycles. The van der Waals surface area contributed by atoms with Gasteiger partial charge in [-0.15, -0.1) is 11.3 Å². The fourth-order valence-corrected chi connectivity index (χ4v) is 3.01. The van der Waals surface area contributed by atoms with Crippen molar-refractivity contribution in [2.75, 3.05) is 25.0 Å². The number of hydrogen-bond acceptors (Lipinski definition) is 4. The molecule has 0 amide bonds. The van der Waals surface area contributed by atoms with E-state index in [0.29, 0.717) is 5.92 Å². The van der Waals surface area contributed by atoms with Crippen molar-refractivity contribution in [3.8, 4) is 0 Å². The molecule has 0 radical (unpaired) electrons. The zero-order valence-corrected chi connectivity index (χ0v) is 11.0. The average Bonchev–Trinajstić information content (AvgIpc) is 3.04. The van der Waals surface area contributed by atoms with E-state index in [1.54, 1.807) is 11.3 Å². The molecule has 94 valence electrons. The maximum Gasteiger partial charge on any atom is 0.0937 e. The molecule has 0 saturated heterocycles. The minimum Gasteiger partial charge on any atom is -0.384 e. The molecular weight excluding hydrogens is 242 g/mol. The van der Waals surface area contributed by atoms with Crippen LogP contribution in [-0.2, 0) is 6.42 Å². The normalized spacial score (nSPS) is 17.4. The molecule has 1 aliphatic rings. The Morgan fingerprint density at radius 2 is 2.33 bits per heavy atom. The third-order valence-corrected chi connectivity index (χ3v) is 4.17. The summed E-state index contributed by atoms with van der Waals surface area (Å²) in [6.45, 7) is 3.09. The maximum atomic E-state index is 4.29. The maximum absolute atomic E-state index is 4.29. The Balaban J connectivity index is 1.47. The van der Waals surface area contributed by atoms with Crippen molar-refractivity contribution in [3.63, 3.8) is 0 Å². The largest absolute Gasteiger partial charge is 0.384 e. The monoisotopic (exact) mass is 259 g/mol. The van der Waals surface area contributed by atoms with Crippen LogP contribution in [0.15, 0.2) is 35.8 Å². The van der Waals surface area contributed by atoms with Crippen LogP contribution in [0.5, 0.6) is 0 Å². The van der Waals surface area contributed by atoms with E-state index in [1.165, 1.54) is 16.3 Å². The highest BCUT2D eigenvalue weighted by molar-refractivity contribution is 7.09. The molecule has 18 heavy (non-hydrogen) atoms. The summed E-state index contributed by atoms with van der Waals surface area (Å²) in [5.74, 6) is 0.595. The van der Waals surface area contributed by atoms with Crippen LogP contribution in [0.1, 0.15) is 16.5 Å². The number of fused-ring (bicyclic) bond motifs is 1. The lowest BCUT2D eigenvalue weighted by molar-refractivity contribution is 0.612. The first-order valence-corrected chi connectivity index (χ1v) is 7.23. The van der Waals surface area contributed by atoms with Crippen LogP contribution in [0.3, 0.4) is 0 Å². The van der Waals surface area contributed by atoms with Crippen molar-refractivity contribution >= 4 is 17.0 Å². The molecule has 3 nitrogen and oxygen atoms in total. The molecule has 2 aromatic rings. The van der Waals surface area contributed by atoms with Crippen LogP contribution in [-0.4, -0.2) is 24.6 Å². The van der Waals surface area contributed by atoms with Crippen LogP contribution < -0.4 is 10.6 Å². The van der Waals surface area contributed by atoms with Gasteiger partial charge in [0.15, 0.2) is 0 Å². The highest BCUT2D eigenvalue weighted by Crippen LogP contribution is 2.30. The number of aromatic nitrogens is 1. The Hall–Kier alpha value is -1.39. The van der Waals surface area contributed by atoms with Gasteiger partial charge in [-0.2, -0.15) is 0 Å². The number of hydrogen-bond donors (Lipinski definition) is 2. The van der Waals surface area contributed by atoms with Crippen molar-refractivity contribution in [3.05, 3.63) is 46.4 Å². The number of para-hydroxylation sites is 1. The first-order chi connectivity index (χ1) is 8.93. The number of rotatable bonds is 5. The first kappa shape index (κ1) is 11.7. The van der Waals surface area contributed by atoms with Crippen molar-refractivity contribution in [2.45, 2.75) is 12.3 Å². The van der Waals surface area contributed by atoms with Gasteiger partial charge in [0.25, 0.3) is 0 Å². The van der Waals surface area contributed by atoms with Crippen molar-refractivity contribution < 1.29 is 0 Å². The molecular formula is C14H17N3S. The molecule has 1 aromatic heterocycles. The van der Waals surface area contributed by atoms with Gasteiger partial charge in [-0.05, 0) is 11.6 Å². The van der Waals surface area contributed by atoms with Crippen molar-refractivity contribution in [1.82, 2.24) is 10.3 Å². The fraction of sp³-hybridized carbons (Fsp3) is 0.357. The summed E-state index contributed by atoms with van der Waals surface area (Å²) in [4.78, 5) is 4.29. The van der Waals surface area contributed by atoms with Gasteiger partial charge in [0.1, 0.15) is 0 Å². The molecule has 1 aliphatic heterocycles. The lowest BCUT2D eigenvalue weighted by Crippen LogP contribution is -2.24. The molecule has 2 N–H and O–H groups in total. The molecule has 0 aliphatic carbocycles. The van der Waals surface area contributed by atoms with Crippen LogP contribution in [0.25, 0.3) is 0 Å². The zero-order valence-electron chi connectivity index (χ0n) is 10.2. The zero-order chi connectivity index (χ0) is 12.2. The van der Waals surface area contributed by atoms with Gasteiger partial charge in [-0.3, -0.25) is 0 Å². The van der Waals surface area contributed by atoms with Crippen LogP contribution in [0, 0.1) is 0 Å². The number of thiazole rings is 1. The van der Waals surface area contributed by atoms with Gasteiger partial charge in [-0.1, -0.05) is 18.2 Å². The summed E-state index contributed by atoms with van der Waals surface area (Å²) in [6.07, 6.45) is 2.90. The second kappa shape index (κ2) is 5.50. The molecule has 1 aromatic carbocycles. The summed E-state index contributed by atoms with van der Waals surface area (Å²) in [7, 11) is 0. The summed E-state index contributed by atoms with van der Waals surface area (Å²) < 4.78 is 0. The molecule has 0 fully saturated rings. The minimum atomic E-state index is 0.595. The van der Waals surface area contributed by atoms with Gasteiger partial charge in [0.2, 0.25) is 0 Å². The predicted molar refractivity (Wildman–Crippen MR) is 76.4 cm³/mol. The van der Waals surface area contributed by atoms with Gasteiger partial charge in [-0.25, -0.2) is 4.98 Å². The summed E-state index contributed by atoms with van der Waals surface area (Å²) in [5.41, 5.74) is 2.74. The third kappa shape index (κ3) is 2.54. The van der Waals surface area contributed by atoms with Crippen molar-refractivity contribution in [2.24, 2.45) is 0 Å². The van der Waals surface area contributed by atoms with E-state index in [0.717, 1.165) is 26.1 Å². The van der Waals surface area contributed by atoms with E-state index in [-0.39, 0.29) is 0 Å². The number of nitrogens with one attached hydrogen (secondary N) is 2. The smallest absolute Gasteiger partial charge is 0.0937 e. The Bertz CT molecular complexity index is 496. The molecule has 4 heteroatoms. The third-order valence-electron chi connectivity index (χ3n) is 3.33. The van der Waals surface area contributed by atoms with E-state index in [2.05, 4.69) is 39.9 Å². The van der Waals surface area contributed by atoms with Gasteiger partial charge in [0, 0.05) is 49.2 Å². The summed E-state index contributed by atoms with van der Waals surface area (Å²) >= 11 is 1.73. The second-order valence-electron chi connectivity index (χ2n) is 4.55. The molecule has 0 bridgehead atoms. The quantitative estimate of drug-likeness (QED) is 0.810. The first-order valence-electron chi connectivity index (χ1n) is 6.35. The molecule has 0 spiro atoms. The summed E-state index contributed by atoms with van der Waals surface area (Å²) in [6, 6.07) is 8.59. The fourth-order valence-electron chi connectivity index (χ4n) is 2.39. The topological polar surface area (TPSA) is 37.0 Å². The highest BCUT2D eigenvalue weighted by atomic mass is 32.1. The van der Waals surface area contributed by atoms with Crippen LogP contribution in [0.2, 0.25) is 0 Å². The lowest BCUT2D eigenvalue weighted by Gasteiger charge is -2.11. The van der Waals surface area contributed by atoms with E-state index in [9.17, 15) is 0 Å². The van der Waals surface area contributed by atoms with Gasteiger partial charge >= 0.3 is 0 Å². The van der Waals surface area contributed by atoms with E-state index in [4.69, 9.17) is 0 Å². The number of benzene rings is 1. The Kier molecular flexibility index (Phi) is 3.57. The number of anilines is 1. The molecule has 0 saturated carbocycles. The van der Waals surface area contributed by atoms with Crippen molar-refractivity contribution in [1.29, 1.82) is 0 Å². The SMILES string of the molecule is c1ccc2c(c1)NCC2CNCCc1nccs1.